The van der Waals surface area contributed by atoms with E-state index in [0.717, 1.165) is 4.47 Å². The van der Waals surface area contributed by atoms with Gasteiger partial charge in [0.25, 0.3) is 0 Å². The van der Waals surface area contributed by atoms with E-state index in [9.17, 15) is 21.6 Å². The molecule has 2 rings (SSSR count). The molecule has 23 heavy (non-hydrogen) atoms. The van der Waals surface area contributed by atoms with Crippen molar-refractivity contribution in [2.24, 2.45) is 0 Å². The molecule has 1 aromatic carbocycles. The van der Waals surface area contributed by atoms with Crippen LogP contribution >= 0.6 is 15.9 Å². The van der Waals surface area contributed by atoms with Gasteiger partial charge in [0.2, 0.25) is 5.91 Å². The molecule has 1 fully saturated rings. The van der Waals surface area contributed by atoms with Crippen LogP contribution in [0.2, 0.25) is 0 Å². The van der Waals surface area contributed by atoms with Crippen molar-refractivity contribution in [2.75, 3.05) is 11.5 Å². The van der Waals surface area contributed by atoms with E-state index in [-0.39, 0.29) is 16.4 Å². The third kappa shape index (κ3) is 3.77. The summed E-state index contributed by atoms with van der Waals surface area (Å²) < 4.78 is 47.4. The quantitative estimate of drug-likeness (QED) is 0.786. The smallest absolute Gasteiger partial charge is 0.241 e. The van der Waals surface area contributed by atoms with Crippen LogP contribution in [0.25, 0.3) is 0 Å². The summed E-state index contributed by atoms with van der Waals surface area (Å²) in [4.78, 5) is 12.5. The molecule has 128 valence electrons. The first kappa shape index (κ1) is 18.4. The molecular formula is C14H18BrNO5S2. The third-order valence-corrected chi connectivity index (χ3v) is 8.63. The van der Waals surface area contributed by atoms with E-state index in [1.165, 1.54) is 26.0 Å². The molecule has 0 radical (unpaired) electrons. The van der Waals surface area contributed by atoms with Gasteiger partial charge in [-0.2, -0.15) is 0 Å². The fourth-order valence-corrected chi connectivity index (χ4v) is 5.62. The molecule has 9 heteroatoms. The highest BCUT2D eigenvalue weighted by Crippen LogP contribution is 2.27. The van der Waals surface area contributed by atoms with Gasteiger partial charge in [0.05, 0.1) is 16.4 Å². The number of carbonyl (C=O) groups excluding carboxylic acids is 1. The number of carbonyl (C=O) groups is 1. The lowest BCUT2D eigenvalue weighted by Crippen LogP contribution is -2.51. The van der Waals surface area contributed by atoms with Gasteiger partial charge in [0, 0.05) is 10.5 Å². The summed E-state index contributed by atoms with van der Waals surface area (Å²) in [5, 5.41) is 2.56. The van der Waals surface area contributed by atoms with Gasteiger partial charge in [-0.3, -0.25) is 4.79 Å². The highest BCUT2D eigenvalue weighted by atomic mass is 79.9. The van der Waals surface area contributed by atoms with Gasteiger partial charge in [0.1, 0.15) is 4.75 Å². The number of amides is 1. The maximum Gasteiger partial charge on any atom is 0.241 e. The maximum absolute atomic E-state index is 12.7. The van der Waals surface area contributed by atoms with E-state index in [1.54, 1.807) is 12.1 Å². The van der Waals surface area contributed by atoms with Crippen molar-refractivity contribution in [1.29, 1.82) is 0 Å². The van der Waals surface area contributed by atoms with Crippen molar-refractivity contribution in [3.63, 3.8) is 0 Å². The molecule has 0 saturated carbocycles. The number of sulfone groups is 2. The second kappa shape index (κ2) is 6.18. The molecule has 1 N–H and O–H groups in total. The summed E-state index contributed by atoms with van der Waals surface area (Å²) in [5.74, 6) is -0.826. The van der Waals surface area contributed by atoms with Gasteiger partial charge < -0.3 is 5.32 Å². The number of nitrogens with one attached hydrogen (secondary N) is 1. The Morgan fingerprint density at radius 2 is 1.83 bits per heavy atom. The molecule has 0 aromatic heterocycles. The molecule has 1 aromatic rings. The molecule has 0 bridgehead atoms. The number of benzene rings is 1. The molecule has 0 spiro atoms. The van der Waals surface area contributed by atoms with E-state index in [0.29, 0.717) is 6.42 Å². The highest BCUT2D eigenvalue weighted by Gasteiger charge is 2.44. The average Bonchev–Trinajstić information content (AvgIpc) is 2.78. The van der Waals surface area contributed by atoms with Crippen molar-refractivity contribution in [2.45, 2.75) is 36.0 Å². The second-order valence-electron chi connectivity index (χ2n) is 6.04. The molecule has 1 aliphatic rings. The molecule has 0 aliphatic carbocycles. The first-order valence-electron chi connectivity index (χ1n) is 6.97. The molecule has 1 aliphatic heterocycles. The third-order valence-electron chi connectivity index (χ3n) is 3.91. The summed E-state index contributed by atoms with van der Waals surface area (Å²) in [6, 6.07) is 5.49. The Bertz CT molecular complexity index is 813. The minimum atomic E-state index is -3.91. The minimum Gasteiger partial charge on any atom is -0.351 e. The van der Waals surface area contributed by atoms with E-state index in [2.05, 4.69) is 21.2 Å². The largest absolute Gasteiger partial charge is 0.351 e. The standard InChI is InChI=1S/C14H18BrNO5S2/c1-14(2,13(17)16-11-7-8-22(18,19)9-11)23(20,21)12-5-3-10(15)4-6-12/h3-6,11H,7-9H2,1-2H3,(H,16,17). The summed E-state index contributed by atoms with van der Waals surface area (Å²) >= 11 is 3.23. The maximum atomic E-state index is 12.7. The zero-order chi connectivity index (χ0) is 17.5. The number of halogens is 1. The predicted molar refractivity (Wildman–Crippen MR) is 90.6 cm³/mol. The zero-order valence-electron chi connectivity index (χ0n) is 12.7. The summed E-state index contributed by atoms with van der Waals surface area (Å²) in [6.45, 7) is 2.65. The lowest BCUT2D eigenvalue weighted by Gasteiger charge is -2.25. The fourth-order valence-electron chi connectivity index (χ4n) is 2.30. The van der Waals surface area contributed by atoms with Crippen LogP contribution in [0, 0.1) is 0 Å². The Hall–Kier alpha value is -0.930. The topological polar surface area (TPSA) is 97.4 Å². The average molecular weight is 424 g/mol. The van der Waals surface area contributed by atoms with Crippen molar-refractivity contribution >= 4 is 41.5 Å². The van der Waals surface area contributed by atoms with Gasteiger partial charge in [-0.25, -0.2) is 16.8 Å². The Kier molecular flexibility index (Phi) is 4.94. The molecule has 6 nitrogen and oxygen atoms in total. The Morgan fingerprint density at radius 3 is 2.30 bits per heavy atom. The van der Waals surface area contributed by atoms with Gasteiger partial charge in [-0.15, -0.1) is 0 Å². The predicted octanol–water partition coefficient (Wildman–Crippen LogP) is 1.30. The van der Waals surface area contributed by atoms with E-state index in [4.69, 9.17) is 0 Å². The molecule has 1 amide bonds. The summed E-state index contributed by atoms with van der Waals surface area (Å²) in [5.41, 5.74) is 0. The Balaban J connectivity index is 2.22. The lowest BCUT2D eigenvalue weighted by molar-refractivity contribution is -0.123. The SMILES string of the molecule is CC(C)(C(=O)NC1CCS(=O)(=O)C1)S(=O)(=O)c1ccc(Br)cc1. The van der Waals surface area contributed by atoms with Crippen LogP contribution in [0.1, 0.15) is 20.3 Å². The molecule has 1 saturated heterocycles. The van der Waals surface area contributed by atoms with Crippen molar-refractivity contribution in [1.82, 2.24) is 5.32 Å². The zero-order valence-corrected chi connectivity index (χ0v) is 16.0. The second-order valence-corrected chi connectivity index (χ2v) is 11.7. The van der Waals surface area contributed by atoms with Crippen molar-refractivity contribution in [3.8, 4) is 0 Å². The van der Waals surface area contributed by atoms with Gasteiger partial charge in [0.15, 0.2) is 19.7 Å². The molecule has 1 unspecified atom stereocenters. The van der Waals surface area contributed by atoms with Gasteiger partial charge in [-0.05, 0) is 44.5 Å². The van der Waals surface area contributed by atoms with Crippen LogP contribution in [0.3, 0.4) is 0 Å². The van der Waals surface area contributed by atoms with Crippen LogP contribution in [0.15, 0.2) is 33.6 Å². The van der Waals surface area contributed by atoms with Crippen molar-refractivity contribution < 1.29 is 21.6 Å². The van der Waals surface area contributed by atoms with Crippen LogP contribution < -0.4 is 5.32 Å². The van der Waals surface area contributed by atoms with Crippen LogP contribution in [-0.2, 0) is 24.5 Å². The molecular weight excluding hydrogens is 406 g/mol. The van der Waals surface area contributed by atoms with E-state index < -0.39 is 36.4 Å². The van der Waals surface area contributed by atoms with Crippen LogP contribution in [0.4, 0.5) is 0 Å². The number of hydrogen-bond acceptors (Lipinski definition) is 5. The monoisotopic (exact) mass is 423 g/mol. The normalized spacial score (nSPS) is 21.1. The Labute approximate surface area is 144 Å². The van der Waals surface area contributed by atoms with Crippen molar-refractivity contribution in [3.05, 3.63) is 28.7 Å². The van der Waals surface area contributed by atoms with E-state index >= 15 is 0 Å². The van der Waals surface area contributed by atoms with Gasteiger partial charge in [-0.1, -0.05) is 15.9 Å². The molecule has 1 atom stereocenters. The van der Waals surface area contributed by atoms with Crippen LogP contribution in [0.5, 0.6) is 0 Å². The Morgan fingerprint density at radius 1 is 1.26 bits per heavy atom. The van der Waals surface area contributed by atoms with Gasteiger partial charge >= 0.3 is 0 Å². The number of rotatable bonds is 4. The minimum absolute atomic E-state index is 0.0117. The fraction of sp³-hybridized carbons (Fsp3) is 0.500. The summed E-state index contributed by atoms with van der Waals surface area (Å²) in [6.07, 6.45) is 0.308. The van der Waals surface area contributed by atoms with E-state index in [1.807, 2.05) is 0 Å². The first-order valence-corrected chi connectivity index (χ1v) is 11.1. The molecule has 1 heterocycles. The van der Waals surface area contributed by atoms with Crippen LogP contribution in [-0.4, -0.2) is 45.0 Å². The lowest BCUT2D eigenvalue weighted by atomic mass is 10.1. The first-order chi connectivity index (χ1) is 10.5. The highest BCUT2D eigenvalue weighted by molar-refractivity contribution is 9.10. The summed E-state index contributed by atoms with van der Waals surface area (Å²) in [7, 11) is -7.06. The number of hydrogen-bond donors (Lipinski definition) is 1.